The van der Waals surface area contributed by atoms with E-state index >= 15 is 0 Å². The molecule has 6 heteroatoms. The molecular weight excluding hydrogens is 225 g/mol. The molecule has 0 saturated carbocycles. The van der Waals surface area contributed by atoms with Gasteiger partial charge in [0.2, 0.25) is 0 Å². The van der Waals surface area contributed by atoms with Gasteiger partial charge in [0.15, 0.2) is 0 Å². The van der Waals surface area contributed by atoms with Crippen molar-refractivity contribution >= 4 is 30.2 Å². The van der Waals surface area contributed by atoms with Crippen molar-refractivity contribution in [3.05, 3.63) is 28.3 Å². The fraction of sp³-hybridized carbons (Fsp3) is 0. The first kappa shape index (κ1) is 7.39. The predicted molar refractivity (Wildman–Crippen MR) is 43.1 cm³/mol. The van der Waals surface area contributed by atoms with Gasteiger partial charge in [-0.3, -0.25) is 0 Å². The molecule has 0 N–H and O–H groups in total. The number of benzene rings is 1. The molecule has 12 heavy (non-hydrogen) atoms. The number of hydrogen-bond donors (Lipinski definition) is 0. The molecule has 0 fully saturated rings. The van der Waals surface area contributed by atoms with Gasteiger partial charge >= 0.3 is 72.6 Å². The molecule has 0 amide bonds. The van der Waals surface area contributed by atoms with Crippen LogP contribution in [0.2, 0.25) is 0 Å². The average Bonchev–Trinajstić information content (AvgIpc) is 2.49. The van der Waals surface area contributed by atoms with Crippen molar-refractivity contribution < 1.29 is 4.92 Å². The first-order valence-electron chi connectivity index (χ1n) is 3.14. The molecule has 0 bridgehead atoms. The van der Waals surface area contributed by atoms with Crippen LogP contribution in [0.5, 0.6) is 0 Å². The Balaban J connectivity index is 2.82. The van der Waals surface area contributed by atoms with Gasteiger partial charge in [0.1, 0.15) is 0 Å². The molecule has 0 spiro atoms. The van der Waals surface area contributed by atoms with Crippen molar-refractivity contribution in [2.75, 3.05) is 0 Å². The molecule has 0 radical (unpaired) electrons. The molecule has 0 aliphatic carbocycles. The summed E-state index contributed by atoms with van der Waals surface area (Å²) in [5.74, 6) is 0. The third kappa shape index (κ3) is 1.01. The molecule has 2 rings (SSSR count). The molecule has 0 saturated heterocycles. The fourth-order valence-electron chi connectivity index (χ4n) is 0.937. The summed E-state index contributed by atoms with van der Waals surface area (Å²) in [6, 6.07) is 4.93. The molecule has 60 valence electrons. The Morgan fingerprint density at radius 1 is 1.50 bits per heavy atom. The van der Waals surface area contributed by atoms with E-state index in [0.717, 1.165) is 4.26 Å². The van der Waals surface area contributed by atoms with E-state index < -0.39 is 4.92 Å². The van der Waals surface area contributed by atoms with Crippen molar-refractivity contribution in [3.63, 3.8) is 0 Å². The third-order valence-electron chi connectivity index (χ3n) is 1.45. The van der Waals surface area contributed by atoms with Gasteiger partial charge in [-0.25, -0.2) is 0 Å². The van der Waals surface area contributed by atoms with Gasteiger partial charge in [0.25, 0.3) is 0 Å². The van der Waals surface area contributed by atoms with Gasteiger partial charge in [-0.2, -0.15) is 0 Å². The number of nitro benzene ring substituents is 1. The number of rotatable bonds is 1. The quantitative estimate of drug-likeness (QED) is 0.407. The first-order chi connectivity index (χ1) is 5.79. The molecular formula is C6H3N3O2Se. The van der Waals surface area contributed by atoms with E-state index in [-0.39, 0.29) is 20.4 Å². The molecule has 1 heterocycles. The van der Waals surface area contributed by atoms with Crippen LogP contribution in [-0.4, -0.2) is 28.8 Å². The van der Waals surface area contributed by atoms with Crippen molar-refractivity contribution in [3.8, 4) is 0 Å². The SMILES string of the molecule is O=[N+]([O-])c1cccc2[se]nnc12. The zero-order valence-corrected chi connectivity index (χ0v) is 7.51. The van der Waals surface area contributed by atoms with Crippen LogP contribution in [0.3, 0.4) is 0 Å². The van der Waals surface area contributed by atoms with E-state index in [1.165, 1.54) is 6.07 Å². The van der Waals surface area contributed by atoms with Gasteiger partial charge in [0, 0.05) is 0 Å². The molecule has 1 aromatic carbocycles. The molecule has 1 aromatic heterocycles. The predicted octanol–water partition coefficient (Wildman–Crippen LogP) is 0.595. The van der Waals surface area contributed by atoms with Crippen LogP contribution < -0.4 is 0 Å². The average molecular weight is 228 g/mol. The Bertz CT molecular complexity index is 439. The maximum atomic E-state index is 10.5. The van der Waals surface area contributed by atoms with Crippen molar-refractivity contribution in [1.29, 1.82) is 0 Å². The number of fused-ring (bicyclic) bond motifs is 1. The number of non-ortho nitro benzene ring substituents is 1. The van der Waals surface area contributed by atoms with E-state index in [2.05, 4.69) is 9.19 Å². The minimum absolute atomic E-state index is 0.0515. The summed E-state index contributed by atoms with van der Waals surface area (Å²) in [6.45, 7) is 0. The molecule has 0 unspecified atom stereocenters. The number of nitro groups is 1. The van der Waals surface area contributed by atoms with Crippen molar-refractivity contribution in [2.45, 2.75) is 0 Å². The second kappa shape index (κ2) is 2.65. The van der Waals surface area contributed by atoms with Crippen LogP contribution >= 0.6 is 0 Å². The van der Waals surface area contributed by atoms with E-state index in [0.29, 0.717) is 5.52 Å². The van der Waals surface area contributed by atoms with Gasteiger partial charge in [-0.15, -0.1) is 0 Å². The van der Waals surface area contributed by atoms with Gasteiger partial charge < -0.3 is 0 Å². The van der Waals surface area contributed by atoms with Crippen molar-refractivity contribution in [2.24, 2.45) is 0 Å². The van der Waals surface area contributed by atoms with Crippen molar-refractivity contribution in [1.82, 2.24) is 9.19 Å². The zero-order valence-electron chi connectivity index (χ0n) is 5.80. The summed E-state index contributed by atoms with van der Waals surface area (Å²) in [5.41, 5.74) is 0.484. The van der Waals surface area contributed by atoms with Crippen LogP contribution in [0.4, 0.5) is 5.69 Å². The molecule has 5 nitrogen and oxygen atoms in total. The van der Waals surface area contributed by atoms with Crippen LogP contribution in [0.1, 0.15) is 0 Å². The molecule has 2 aromatic rings. The normalized spacial score (nSPS) is 10.3. The molecule has 0 aliphatic heterocycles. The summed E-state index contributed by atoms with van der Waals surface area (Å²) in [6.07, 6.45) is 0. The summed E-state index contributed by atoms with van der Waals surface area (Å²) in [4.78, 5) is 10.0. The summed E-state index contributed by atoms with van der Waals surface area (Å²) >= 11 is -0.0681. The van der Waals surface area contributed by atoms with E-state index in [1.807, 2.05) is 6.07 Å². The Morgan fingerprint density at radius 3 is 3.08 bits per heavy atom. The third-order valence-corrected chi connectivity index (χ3v) is 2.90. The van der Waals surface area contributed by atoms with Crippen LogP contribution in [-0.2, 0) is 0 Å². The van der Waals surface area contributed by atoms with Crippen LogP contribution in [0.25, 0.3) is 9.78 Å². The Hall–Kier alpha value is -1.26. The van der Waals surface area contributed by atoms with E-state index in [4.69, 9.17) is 0 Å². The number of hydrogen-bond acceptors (Lipinski definition) is 4. The topological polar surface area (TPSA) is 68.9 Å². The number of nitrogens with zero attached hydrogens (tertiary/aromatic N) is 3. The summed E-state index contributed by atoms with van der Waals surface area (Å²) in [7, 11) is 0. The second-order valence-electron chi connectivity index (χ2n) is 2.15. The monoisotopic (exact) mass is 229 g/mol. The second-order valence-corrected chi connectivity index (χ2v) is 3.80. The number of aromatic nitrogens is 2. The standard InChI is InChI=1S/C6H3N3O2Se/c10-9(11)4-2-1-3-5-6(4)7-8-12-5/h1-3H. The van der Waals surface area contributed by atoms with Crippen LogP contribution in [0.15, 0.2) is 18.2 Å². The van der Waals surface area contributed by atoms with E-state index in [9.17, 15) is 10.1 Å². The molecule has 0 atom stereocenters. The van der Waals surface area contributed by atoms with Gasteiger partial charge in [0.05, 0.1) is 0 Å². The summed E-state index contributed by atoms with van der Waals surface area (Å²) in [5, 5.41) is 14.2. The van der Waals surface area contributed by atoms with Gasteiger partial charge in [-0.05, 0) is 0 Å². The molecule has 0 aliphatic rings. The zero-order chi connectivity index (χ0) is 8.55. The van der Waals surface area contributed by atoms with E-state index in [1.54, 1.807) is 6.07 Å². The maximum absolute atomic E-state index is 10.5. The summed E-state index contributed by atoms with van der Waals surface area (Å²) < 4.78 is 4.66. The van der Waals surface area contributed by atoms with Crippen LogP contribution in [0, 0.1) is 10.1 Å². The van der Waals surface area contributed by atoms with Gasteiger partial charge in [-0.1, -0.05) is 0 Å². The minimum atomic E-state index is -0.431. The Morgan fingerprint density at radius 2 is 2.33 bits per heavy atom. The first-order valence-corrected chi connectivity index (χ1v) is 4.77. The fourth-order valence-corrected chi connectivity index (χ4v) is 2.16. The Kier molecular flexibility index (Phi) is 1.64. The Labute approximate surface area is 73.2 Å².